The Morgan fingerprint density at radius 2 is 2.21 bits per heavy atom. The number of aliphatic hydroxyl groups is 1. The van der Waals surface area contributed by atoms with Crippen LogP contribution in [0.3, 0.4) is 0 Å². The summed E-state index contributed by atoms with van der Waals surface area (Å²) < 4.78 is 2.20. The molecule has 0 fully saturated rings. The molecular weight excluding hydrogens is 176 g/mol. The van der Waals surface area contributed by atoms with Gasteiger partial charge < -0.3 is 15.0 Å². The largest absolute Gasteiger partial charge is 0.396 e. The fraction of sp³-hybridized carbons (Fsp3) is 0.636. The van der Waals surface area contributed by atoms with Crippen molar-refractivity contribution in [2.75, 3.05) is 13.7 Å². The Bertz CT molecular complexity index is 270. The van der Waals surface area contributed by atoms with Crippen LogP contribution < -0.4 is 5.32 Å². The van der Waals surface area contributed by atoms with Crippen LogP contribution in [-0.4, -0.2) is 23.3 Å². The average Bonchev–Trinajstić information content (AvgIpc) is 2.64. The van der Waals surface area contributed by atoms with Gasteiger partial charge in [-0.15, -0.1) is 0 Å². The molecule has 1 heterocycles. The van der Waals surface area contributed by atoms with Gasteiger partial charge in [0.25, 0.3) is 0 Å². The fourth-order valence-corrected chi connectivity index (χ4v) is 1.53. The highest BCUT2D eigenvalue weighted by molar-refractivity contribution is 5.11. The Morgan fingerprint density at radius 1 is 1.50 bits per heavy atom. The van der Waals surface area contributed by atoms with Crippen LogP contribution in [0.5, 0.6) is 0 Å². The number of hydrogen-bond donors (Lipinski definition) is 2. The van der Waals surface area contributed by atoms with Crippen LogP contribution in [0.2, 0.25) is 0 Å². The molecule has 3 nitrogen and oxygen atoms in total. The third-order valence-electron chi connectivity index (χ3n) is 2.56. The molecule has 2 N–H and O–H groups in total. The molecule has 14 heavy (non-hydrogen) atoms. The van der Waals surface area contributed by atoms with Gasteiger partial charge in [-0.1, -0.05) is 6.92 Å². The second-order valence-electron chi connectivity index (χ2n) is 3.88. The van der Waals surface area contributed by atoms with E-state index in [1.807, 2.05) is 20.0 Å². The smallest absolute Gasteiger partial charge is 0.0473 e. The first kappa shape index (κ1) is 11.3. The fourth-order valence-electron chi connectivity index (χ4n) is 1.53. The molecule has 2 atom stereocenters. The summed E-state index contributed by atoms with van der Waals surface area (Å²) in [5.41, 5.74) is 1.27. The minimum absolute atomic E-state index is 0.242. The van der Waals surface area contributed by atoms with Crippen molar-refractivity contribution in [2.24, 2.45) is 5.92 Å². The summed E-state index contributed by atoms with van der Waals surface area (Å²) in [6, 6.07) is 4.52. The molecule has 0 saturated heterocycles. The first-order valence-corrected chi connectivity index (χ1v) is 5.12. The lowest BCUT2D eigenvalue weighted by molar-refractivity contribution is 0.221. The van der Waals surface area contributed by atoms with Crippen molar-refractivity contribution in [3.8, 4) is 0 Å². The molecule has 1 aromatic rings. The molecule has 80 valence electrons. The Balaban J connectivity index is 2.72. The van der Waals surface area contributed by atoms with Crippen molar-refractivity contribution in [1.82, 2.24) is 9.88 Å². The van der Waals surface area contributed by atoms with Crippen LogP contribution in [0.15, 0.2) is 18.3 Å². The van der Waals surface area contributed by atoms with Gasteiger partial charge in [0.1, 0.15) is 0 Å². The topological polar surface area (TPSA) is 37.2 Å². The lowest BCUT2D eigenvalue weighted by atomic mass is 10.2. The van der Waals surface area contributed by atoms with Crippen LogP contribution >= 0.6 is 0 Å². The van der Waals surface area contributed by atoms with Crippen molar-refractivity contribution >= 4 is 0 Å². The summed E-state index contributed by atoms with van der Waals surface area (Å²) in [6.07, 6.45) is 2.06. The maximum atomic E-state index is 8.99. The Morgan fingerprint density at radius 3 is 2.79 bits per heavy atom. The monoisotopic (exact) mass is 196 g/mol. The zero-order valence-electron chi connectivity index (χ0n) is 9.20. The normalized spacial score (nSPS) is 15.4. The predicted octanol–water partition coefficient (Wildman–Crippen LogP) is 1.40. The Kier molecular flexibility index (Phi) is 4.17. The lowest BCUT2D eigenvalue weighted by Crippen LogP contribution is -2.19. The first-order chi connectivity index (χ1) is 6.69. The summed E-state index contributed by atoms with van der Waals surface area (Å²) >= 11 is 0. The molecule has 0 aliphatic rings. The molecule has 0 aromatic carbocycles. The quantitative estimate of drug-likeness (QED) is 0.747. The van der Waals surface area contributed by atoms with Crippen LogP contribution in [0, 0.1) is 5.92 Å². The molecule has 0 aliphatic heterocycles. The van der Waals surface area contributed by atoms with Crippen LogP contribution in [0.25, 0.3) is 0 Å². The number of rotatable bonds is 5. The van der Waals surface area contributed by atoms with Gasteiger partial charge in [-0.3, -0.25) is 0 Å². The minimum atomic E-state index is 0.242. The van der Waals surface area contributed by atoms with E-state index in [0.717, 1.165) is 6.54 Å². The van der Waals surface area contributed by atoms with Gasteiger partial charge >= 0.3 is 0 Å². The summed E-state index contributed by atoms with van der Waals surface area (Å²) in [5, 5.41) is 12.2. The first-order valence-electron chi connectivity index (χ1n) is 5.12. The van der Waals surface area contributed by atoms with Gasteiger partial charge in [0.05, 0.1) is 0 Å². The van der Waals surface area contributed by atoms with Crippen LogP contribution in [-0.2, 0) is 6.54 Å². The number of nitrogens with zero attached hydrogens (tertiary/aromatic N) is 1. The second kappa shape index (κ2) is 5.17. The maximum absolute atomic E-state index is 8.99. The van der Waals surface area contributed by atoms with Crippen LogP contribution in [0.1, 0.15) is 25.6 Å². The van der Waals surface area contributed by atoms with Gasteiger partial charge in [-0.25, -0.2) is 0 Å². The number of nitrogens with one attached hydrogen (secondary N) is 1. The molecule has 0 spiro atoms. The number of aliphatic hydroxyl groups excluding tert-OH is 1. The van der Waals surface area contributed by atoms with Crippen molar-refractivity contribution < 1.29 is 5.11 Å². The SMILES string of the molecule is CNC(C)c1cccn1CC(C)CO. The summed E-state index contributed by atoms with van der Waals surface area (Å²) in [5.74, 6) is 0.310. The summed E-state index contributed by atoms with van der Waals surface area (Å²) in [4.78, 5) is 0. The zero-order chi connectivity index (χ0) is 10.6. The third-order valence-corrected chi connectivity index (χ3v) is 2.56. The maximum Gasteiger partial charge on any atom is 0.0473 e. The average molecular weight is 196 g/mol. The molecule has 3 heteroatoms. The van der Waals surface area contributed by atoms with Crippen molar-refractivity contribution in [2.45, 2.75) is 26.4 Å². The van der Waals surface area contributed by atoms with Crippen molar-refractivity contribution in [1.29, 1.82) is 0 Å². The zero-order valence-corrected chi connectivity index (χ0v) is 9.20. The van der Waals surface area contributed by atoms with E-state index < -0.39 is 0 Å². The molecule has 1 rings (SSSR count). The minimum Gasteiger partial charge on any atom is -0.396 e. The summed E-state index contributed by atoms with van der Waals surface area (Å²) in [6.45, 7) is 5.31. The standard InChI is InChI=1S/C11H20N2O/c1-9(8-14)7-13-6-4-5-11(13)10(2)12-3/h4-6,9-10,12,14H,7-8H2,1-3H3. The third kappa shape index (κ3) is 2.59. The van der Waals surface area contributed by atoms with Gasteiger partial charge in [0.2, 0.25) is 0 Å². The van der Waals surface area contributed by atoms with E-state index in [2.05, 4.69) is 29.1 Å². The molecule has 0 radical (unpaired) electrons. The van der Waals surface area contributed by atoms with Crippen LogP contribution in [0.4, 0.5) is 0 Å². The van der Waals surface area contributed by atoms with E-state index in [1.54, 1.807) is 0 Å². The highest BCUT2D eigenvalue weighted by atomic mass is 16.3. The van der Waals surface area contributed by atoms with Crippen molar-refractivity contribution in [3.63, 3.8) is 0 Å². The molecule has 0 bridgehead atoms. The molecular formula is C11H20N2O. The van der Waals surface area contributed by atoms with Gasteiger partial charge in [-0.2, -0.15) is 0 Å². The predicted molar refractivity (Wildman–Crippen MR) is 58.2 cm³/mol. The van der Waals surface area contributed by atoms with E-state index in [1.165, 1.54) is 5.69 Å². The van der Waals surface area contributed by atoms with Gasteiger partial charge in [0.15, 0.2) is 0 Å². The lowest BCUT2D eigenvalue weighted by Gasteiger charge is -2.17. The summed E-state index contributed by atoms with van der Waals surface area (Å²) in [7, 11) is 1.96. The van der Waals surface area contributed by atoms with Crippen molar-refractivity contribution in [3.05, 3.63) is 24.0 Å². The molecule has 2 unspecified atom stereocenters. The Hall–Kier alpha value is -0.800. The van der Waals surface area contributed by atoms with E-state index in [-0.39, 0.29) is 6.61 Å². The molecule has 0 amide bonds. The van der Waals surface area contributed by atoms with E-state index in [0.29, 0.717) is 12.0 Å². The Labute approximate surface area is 85.7 Å². The van der Waals surface area contributed by atoms with E-state index >= 15 is 0 Å². The number of aromatic nitrogens is 1. The van der Waals surface area contributed by atoms with E-state index in [4.69, 9.17) is 5.11 Å². The van der Waals surface area contributed by atoms with Gasteiger partial charge in [-0.05, 0) is 32.0 Å². The molecule has 0 aliphatic carbocycles. The molecule has 0 saturated carbocycles. The van der Waals surface area contributed by atoms with E-state index in [9.17, 15) is 0 Å². The highest BCUT2D eigenvalue weighted by Crippen LogP contribution is 2.14. The number of hydrogen-bond acceptors (Lipinski definition) is 2. The highest BCUT2D eigenvalue weighted by Gasteiger charge is 2.09. The second-order valence-corrected chi connectivity index (χ2v) is 3.88. The van der Waals surface area contributed by atoms with Gasteiger partial charge in [0, 0.05) is 31.1 Å². The molecule has 1 aromatic heterocycles.